The molecule has 18 heavy (non-hydrogen) atoms. The van der Waals surface area contributed by atoms with Crippen LogP contribution in [-0.4, -0.2) is 18.1 Å². The lowest BCUT2D eigenvalue weighted by Crippen LogP contribution is -2.05. The number of carbonyl (C=O) groups excluding carboxylic acids is 1. The van der Waals surface area contributed by atoms with E-state index < -0.39 is 0 Å². The smallest absolute Gasteiger partial charge is 0.339 e. The van der Waals surface area contributed by atoms with Crippen molar-refractivity contribution in [3.63, 3.8) is 0 Å². The van der Waals surface area contributed by atoms with Crippen LogP contribution in [0, 0.1) is 12.7 Å². The van der Waals surface area contributed by atoms with Gasteiger partial charge in [0.1, 0.15) is 5.82 Å². The van der Waals surface area contributed by atoms with Crippen LogP contribution in [0.25, 0.3) is 0 Å². The standard InChI is InChI=1S/C14H14FNO2/c1-9-13(14(17)18-2)11(8-16-9)7-10-3-5-12(15)6-4-10/h3-6,8,16H,7H2,1-2H3. The van der Waals surface area contributed by atoms with Gasteiger partial charge in [0.2, 0.25) is 0 Å². The molecule has 0 fully saturated rings. The van der Waals surface area contributed by atoms with Crippen LogP contribution in [0.2, 0.25) is 0 Å². The van der Waals surface area contributed by atoms with Crippen LogP contribution >= 0.6 is 0 Å². The third-order valence-corrected chi connectivity index (χ3v) is 2.86. The molecular formula is C14H14FNO2. The van der Waals surface area contributed by atoms with Gasteiger partial charge in [-0.1, -0.05) is 12.1 Å². The van der Waals surface area contributed by atoms with Crippen molar-refractivity contribution in [3.8, 4) is 0 Å². The Morgan fingerprint density at radius 2 is 2.00 bits per heavy atom. The zero-order valence-electron chi connectivity index (χ0n) is 10.3. The van der Waals surface area contributed by atoms with Gasteiger partial charge in [0.25, 0.3) is 0 Å². The number of ether oxygens (including phenoxy) is 1. The van der Waals surface area contributed by atoms with Crippen LogP contribution in [0.3, 0.4) is 0 Å². The van der Waals surface area contributed by atoms with E-state index >= 15 is 0 Å². The summed E-state index contributed by atoms with van der Waals surface area (Å²) in [6.07, 6.45) is 2.35. The van der Waals surface area contributed by atoms with Gasteiger partial charge in [-0.3, -0.25) is 0 Å². The van der Waals surface area contributed by atoms with Crippen molar-refractivity contribution in [3.05, 3.63) is 58.7 Å². The van der Waals surface area contributed by atoms with Gasteiger partial charge >= 0.3 is 5.97 Å². The molecule has 3 nitrogen and oxygen atoms in total. The fraction of sp³-hybridized carbons (Fsp3) is 0.214. The fourth-order valence-electron chi connectivity index (χ4n) is 1.93. The Balaban J connectivity index is 2.29. The maximum absolute atomic E-state index is 12.8. The number of aromatic amines is 1. The first-order valence-corrected chi connectivity index (χ1v) is 5.61. The molecule has 1 aromatic carbocycles. The monoisotopic (exact) mass is 247 g/mol. The van der Waals surface area contributed by atoms with Crippen LogP contribution < -0.4 is 0 Å². The van der Waals surface area contributed by atoms with Gasteiger partial charge in [0, 0.05) is 11.9 Å². The highest BCUT2D eigenvalue weighted by atomic mass is 19.1. The third kappa shape index (κ3) is 2.42. The molecular weight excluding hydrogens is 233 g/mol. The summed E-state index contributed by atoms with van der Waals surface area (Å²) in [7, 11) is 1.36. The number of methoxy groups -OCH3 is 1. The van der Waals surface area contributed by atoms with E-state index in [9.17, 15) is 9.18 Å². The molecule has 1 heterocycles. The highest BCUT2D eigenvalue weighted by molar-refractivity contribution is 5.92. The molecule has 0 aliphatic heterocycles. The topological polar surface area (TPSA) is 42.1 Å². The normalized spacial score (nSPS) is 10.4. The van der Waals surface area contributed by atoms with E-state index in [0.717, 1.165) is 16.8 Å². The number of halogens is 1. The van der Waals surface area contributed by atoms with Crippen LogP contribution in [0.5, 0.6) is 0 Å². The summed E-state index contributed by atoms with van der Waals surface area (Å²) in [6.45, 7) is 1.82. The van der Waals surface area contributed by atoms with Crippen molar-refractivity contribution in [2.75, 3.05) is 7.11 Å². The fourth-order valence-corrected chi connectivity index (χ4v) is 1.93. The molecule has 0 atom stereocenters. The summed E-state index contributed by atoms with van der Waals surface area (Å²) in [5.41, 5.74) is 3.13. The molecule has 0 saturated carbocycles. The van der Waals surface area contributed by atoms with Crippen LogP contribution in [0.4, 0.5) is 4.39 Å². The zero-order chi connectivity index (χ0) is 13.1. The van der Waals surface area contributed by atoms with Gasteiger partial charge in [-0.25, -0.2) is 9.18 Å². The van der Waals surface area contributed by atoms with Crippen LogP contribution in [-0.2, 0) is 11.2 Å². The summed E-state index contributed by atoms with van der Waals surface area (Å²) in [4.78, 5) is 14.7. The molecule has 0 radical (unpaired) electrons. The number of aromatic nitrogens is 1. The number of aryl methyl sites for hydroxylation is 1. The third-order valence-electron chi connectivity index (χ3n) is 2.86. The molecule has 2 rings (SSSR count). The molecule has 0 bridgehead atoms. The minimum absolute atomic E-state index is 0.266. The van der Waals surface area contributed by atoms with E-state index in [4.69, 9.17) is 4.74 Å². The molecule has 0 spiro atoms. The molecule has 0 amide bonds. The first-order valence-electron chi connectivity index (χ1n) is 5.61. The first kappa shape index (κ1) is 12.4. The molecule has 94 valence electrons. The molecule has 1 aromatic heterocycles. The van der Waals surface area contributed by atoms with Gasteiger partial charge in [0.15, 0.2) is 0 Å². The number of hydrogen-bond donors (Lipinski definition) is 1. The predicted molar refractivity (Wildman–Crippen MR) is 66.1 cm³/mol. The lowest BCUT2D eigenvalue weighted by molar-refractivity contribution is 0.0599. The zero-order valence-corrected chi connectivity index (χ0v) is 10.3. The van der Waals surface area contributed by atoms with Crippen LogP contribution in [0.15, 0.2) is 30.5 Å². The average molecular weight is 247 g/mol. The summed E-state index contributed by atoms with van der Waals surface area (Å²) in [6, 6.07) is 6.23. The van der Waals surface area contributed by atoms with E-state index in [2.05, 4.69) is 4.98 Å². The van der Waals surface area contributed by atoms with Crippen molar-refractivity contribution in [2.24, 2.45) is 0 Å². The average Bonchev–Trinajstić information content (AvgIpc) is 2.72. The van der Waals surface area contributed by atoms with Gasteiger partial charge in [-0.05, 0) is 36.6 Å². The Bertz CT molecular complexity index is 558. The van der Waals surface area contributed by atoms with E-state index in [0.29, 0.717) is 12.0 Å². The number of nitrogens with one attached hydrogen (secondary N) is 1. The predicted octanol–water partition coefficient (Wildman–Crippen LogP) is 2.84. The highest BCUT2D eigenvalue weighted by Crippen LogP contribution is 2.18. The Morgan fingerprint density at radius 1 is 1.33 bits per heavy atom. The minimum Gasteiger partial charge on any atom is -0.465 e. The van der Waals surface area contributed by atoms with E-state index in [-0.39, 0.29) is 11.8 Å². The summed E-state index contributed by atoms with van der Waals surface area (Å²) < 4.78 is 17.6. The number of H-pyrrole nitrogens is 1. The van der Waals surface area contributed by atoms with Crippen molar-refractivity contribution in [1.29, 1.82) is 0 Å². The maximum atomic E-state index is 12.8. The Hall–Kier alpha value is -2.10. The molecule has 0 aliphatic carbocycles. The number of esters is 1. The molecule has 0 unspecified atom stereocenters. The van der Waals surface area contributed by atoms with Gasteiger partial charge in [-0.15, -0.1) is 0 Å². The van der Waals surface area contributed by atoms with Crippen molar-refractivity contribution in [1.82, 2.24) is 4.98 Å². The maximum Gasteiger partial charge on any atom is 0.339 e. The Labute approximate surface area is 105 Å². The van der Waals surface area contributed by atoms with Gasteiger partial charge in [0.05, 0.1) is 12.7 Å². The van der Waals surface area contributed by atoms with E-state index in [1.807, 2.05) is 6.92 Å². The van der Waals surface area contributed by atoms with Crippen molar-refractivity contribution < 1.29 is 13.9 Å². The van der Waals surface area contributed by atoms with E-state index in [1.54, 1.807) is 18.3 Å². The SMILES string of the molecule is COC(=O)c1c(Cc2ccc(F)cc2)c[nH]c1C. The van der Waals surface area contributed by atoms with Gasteiger partial charge in [-0.2, -0.15) is 0 Å². The van der Waals surface area contributed by atoms with Gasteiger partial charge < -0.3 is 9.72 Å². The lowest BCUT2D eigenvalue weighted by Gasteiger charge is -2.04. The number of benzene rings is 1. The summed E-state index contributed by atoms with van der Waals surface area (Å²) in [5, 5.41) is 0. The number of rotatable bonds is 3. The van der Waals surface area contributed by atoms with Crippen molar-refractivity contribution >= 4 is 5.97 Å². The second-order valence-corrected chi connectivity index (χ2v) is 4.11. The number of carbonyl (C=O) groups is 1. The number of hydrogen-bond acceptors (Lipinski definition) is 2. The van der Waals surface area contributed by atoms with Crippen LogP contribution in [0.1, 0.15) is 27.2 Å². The van der Waals surface area contributed by atoms with Crippen molar-refractivity contribution in [2.45, 2.75) is 13.3 Å². The quantitative estimate of drug-likeness (QED) is 0.847. The Morgan fingerprint density at radius 3 is 2.61 bits per heavy atom. The lowest BCUT2D eigenvalue weighted by atomic mass is 10.0. The first-order chi connectivity index (χ1) is 8.61. The molecule has 4 heteroatoms. The molecule has 0 saturated heterocycles. The molecule has 0 aliphatic rings. The minimum atomic E-state index is -0.356. The highest BCUT2D eigenvalue weighted by Gasteiger charge is 2.16. The summed E-state index contributed by atoms with van der Waals surface area (Å²) >= 11 is 0. The summed E-state index contributed by atoms with van der Waals surface area (Å²) in [5.74, 6) is -0.622. The Kier molecular flexibility index (Phi) is 3.46. The second kappa shape index (κ2) is 5.04. The molecule has 2 aromatic rings. The second-order valence-electron chi connectivity index (χ2n) is 4.11. The molecule has 1 N–H and O–H groups in total. The van der Waals surface area contributed by atoms with E-state index in [1.165, 1.54) is 19.2 Å². The largest absolute Gasteiger partial charge is 0.465 e.